The lowest BCUT2D eigenvalue weighted by Gasteiger charge is -2.00. The monoisotopic (exact) mass is 156 g/mol. The summed E-state index contributed by atoms with van der Waals surface area (Å²) in [4.78, 5) is 0. The van der Waals surface area contributed by atoms with Crippen molar-refractivity contribution in [1.29, 1.82) is 0 Å². The highest BCUT2D eigenvalue weighted by Gasteiger charge is 2.15. The summed E-state index contributed by atoms with van der Waals surface area (Å²) >= 11 is 1.50. The van der Waals surface area contributed by atoms with E-state index in [0.717, 1.165) is 4.78 Å². The molecule has 1 rings (SSSR count). The molecule has 1 aromatic rings. The van der Waals surface area contributed by atoms with Gasteiger partial charge in [-0.2, -0.15) is 11.3 Å². The normalized spacial score (nSPS) is 9.80. The summed E-state index contributed by atoms with van der Waals surface area (Å²) < 4.78 is 5.82. The Morgan fingerprint density at radius 1 is 1.80 bits per heavy atom. The highest BCUT2D eigenvalue weighted by atomic mass is 32.1. The molecule has 0 aromatic carbocycles. The molecule has 0 aliphatic carbocycles. The molecule has 0 aliphatic rings. The minimum Gasteiger partial charge on any atom is -0.423 e. The summed E-state index contributed by atoms with van der Waals surface area (Å²) in [5.74, 6) is 0. The van der Waals surface area contributed by atoms with Crippen molar-refractivity contribution in [1.82, 2.24) is 0 Å². The van der Waals surface area contributed by atoms with Gasteiger partial charge in [-0.05, 0) is 12.3 Å². The predicted octanol–water partition coefficient (Wildman–Crippen LogP) is 0.472. The van der Waals surface area contributed by atoms with Gasteiger partial charge in [0.15, 0.2) is 0 Å². The predicted molar refractivity (Wildman–Crippen MR) is 43.6 cm³/mol. The molecule has 10 heavy (non-hydrogen) atoms. The first-order valence-electron chi connectivity index (χ1n) is 3.17. The van der Waals surface area contributed by atoms with Crippen LogP contribution < -0.4 is 4.78 Å². The van der Waals surface area contributed by atoms with Crippen molar-refractivity contribution in [2.75, 3.05) is 6.61 Å². The van der Waals surface area contributed by atoms with Crippen LogP contribution in [0.25, 0.3) is 0 Å². The molecule has 0 aliphatic heterocycles. The lowest BCUT2D eigenvalue weighted by atomic mass is 9.89. The van der Waals surface area contributed by atoms with E-state index in [1.165, 1.54) is 11.3 Å². The minimum atomic E-state index is -0.731. The van der Waals surface area contributed by atoms with Gasteiger partial charge in [-0.1, -0.05) is 12.1 Å². The van der Waals surface area contributed by atoms with Gasteiger partial charge < -0.3 is 9.68 Å². The maximum absolute atomic E-state index is 9.20. The third-order valence-electron chi connectivity index (χ3n) is 1.11. The second-order valence-electron chi connectivity index (χ2n) is 1.82. The third-order valence-corrected chi connectivity index (χ3v) is 2.01. The Morgan fingerprint density at radius 2 is 2.60 bits per heavy atom. The lowest BCUT2D eigenvalue weighted by Crippen LogP contribution is -2.30. The van der Waals surface area contributed by atoms with E-state index in [4.69, 9.17) is 4.65 Å². The van der Waals surface area contributed by atoms with Gasteiger partial charge in [0.05, 0.1) is 0 Å². The van der Waals surface area contributed by atoms with Crippen molar-refractivity contribution < 1.29 is 9.68 Å². The van der Waals surface area contributed by atoms with Crippen LogP contribution in [0.3, 0.4) is 0 Å². The van der Waals surface area contributed by atoms with Gasteiger partial charge in [0, 0.05) is 11.4 Å². The maximum Gasteiger partial charge on any atom is 0.501 e. The highest BCUT2D eigenvalue weighted by Crippen LogP contribution is 1.95. The summed E-state index contributed by atoms with van der Waals surface area (Å²) in [5, 5.41) is 11.1. The molecule has 0 bridgehead atoms. The van der Waals surface area contributed by atoms with Crippen LogP contribution in [0.1, 0.15) is 6.92 Å². The molecule has 0 amide bonds. The van der Waals surface area contributed by atoms with Gasteiger partial charge >= 0.3 is 7.12 Å². The van der Waals surface area contributed by atoms with Gasteiger partial charge in [-0.15, -0.1) is 0 Å². The van der Waals surface area contributed by atoms with E-state index in [1.807, 2.05) is 24.4 Å². The Balaban J connectivity index is 2.50. The molecule has 0 fully saturated rings. The van der Waals surface area contributed by atoms with Crippen molar-refractivity contribution in [2.24, 2.45) is 0 Å². The summed E-state index contributed by atoms with van der Waals surface area (Å²) in [5.41, 5.74) is 0. The Bertz CT molecular complexity index is 176. The Labute approximate surface area is 64.6 Å². The molecule has 2 nitrogen and oxygen atoms in total. The molecular formula is C6H9BO2S. The zero-order valence-electron chi connectivity index (χ0n) is 5.78. The molecule has 1 aromatic heterocycles. The second-order valence-corrected chi connectivity index (χ2v) is 2.80. The number of hydrogen-bond acceptors (Lipinski definition) is 3. The molecule has 0 unspecified atom stereocenters. The fraction of sp³-hybridized carbons (Fsp3) is 0.333. The fourth-order valence-corrected chi connectivity index (χ4v) is 1.33. The van der Waals surface area contributed by atoms with Crippen LogP contribution in [0.5, 0.6) is 0 Å². The fourth-order valence-electron chi connectivity index (χ4n) is 0.672. The molecule has 1 heterocycles. The van der Waals surface area contributed by atoms with Gasteiger partial charge in [0.1, 0.15) is 0 Å². The first-order chi connectivity index (χ1) is 4.84. The first-order valence-corrected chi connectivity index (χ1v) is 4.05. The molecule has 0 saturated carbocycles. The summed E-state index contributed by atoms with van der Waals surface area (Å²) in [6, 6.07) is 3.74. The first kappa shape index (κ1) is 7.79. The van der Waals surface area contributed by atoms with Gasteiger partial charge in [0.2, 0.25) is 0 Å². The Morgan fingerprint density at radius 3 is 3.10 bits per heavy atom. The van der Waals surface area contributed by atoms with Crippen LogP contribution in [-0.2, 0) is 4.65 Å². The molecule has 1 N–H and O–H groups in total. The SMILES string of the molecule is CCOB(O)c1cccs1. The highest BCUT2D eigenvalue weighted by molar-refractivity contribution is 7.20. The van der Waals surface area contributed by atoms with E-state index >= 15 is 0 Å². The van der Waals surface area contributed by atoms with Gasteiger partial charge in [0.25, 0.3) is 0 Å². The minimum absolute atomic E-state index is 0.541. The van der Waals surface area contributed by atoms with Crippen molar-refractivity contribution in [3.8, 4) is 0 Å². The Kier molecular flexibility index (Phi) is 2.93. The quantitative estimate of drug-likeness (QED) is 0.644. The molecular weight excluding hydrogens is 147 g/mol. The second kappa shape index (κ2) is 3.76. The van der Waals surface area contributed by atoms with E-state index in [1.54, 1.807) is 0 Å². The van der Waals surface area contributed by atoms with E-state index in [-0.39, 0.29) is 0 Å². The van der Waals surface area contributed by atoms with Crippen LogP contribution in [0.2, 0.25) is 0 Å². The smallest absolute Gasteiger partial charge is 0.423 e. The standard InChI is InChI=1S/C6H9BO2S/c1-2-9-7(8)6-4-3-5-10-6/h3-5,8H,2H2,1H3. The van der Waals surface area contributed by atoms with Crippen molar-refractivity contribution in [3.05, 3.63) is 17.5 Å². The molecule has 54 valence electrons. The number of rotatable bonds is 3. The zero-order chi connectivity index (χ0) is 7.40. The average Bonchev–Trinajstić information content (AvgIpc) is 2.38. The van der Waals surface area contributed by atoms with Crippen LogP contribution in [0.15, 0.2) is 17.5 Å². The average molecular weight is 156 g/mol. The topological polar surface area (TPSA) is 29.5 Å². The van der Waals surface area contributed by atoms with Crippen molar-refractivity contribution in [3.63, 3.8) is 0 Å². The number of thiophene rings is 1. The lowest BCUT2D eigenvalue weighted by molar-refractivity contribution is 0.288. The van der Waals surface area contributed by atoms with Crippen molar-refractivity contribution >= 4 is 23.2 Å². The molecule has 0 atom stereocenters. The van der Waals surface area contributed by atoms with E-state index in [2.05, 4.69) is 0 Å². The van der Waals surface area contributed by atoms with Gasteiger partial charge in [-0.3, -0.25) is 0 Å². The largest absolute Gasteiger partial charge is 0.501 e. The summed E-state index contributed by atoms with van der Waals surface area (Å²) in [6.07, 6.45) is 0. The maximum atomic E-state index is 9.20. The van der Waals surface area contributed by atoms with Crippen molar-refractivity contribution in [2.45, 2.75) is 6.92 Å². The molecule has 0 saturated heterocycles. The third kappa shape index (κ3) is 1.83. The molecule has 4 heteroatoms. The molecule has 0 radical (unpaired) electrons. The van der Waals surface area contributed by atoms with E-state index < -0.39 is 7.12 Å². The summed E-state index contributed by atoms with van der Waals surface area (Å²) in [7, 11) is -0.731. The van der Waals surface area contributed by atoms with Crippen LogP contribution in [-0.4, -0.2) is 18.7 Å². The van der Waals surface area contributed by atoms with Crippen LogP contribution in [0, 0.1) is 0 Å². The number of hydrogen-bond donors (Lipinski definition) is 1. The molecule has 0 spiro atoms. The summed E-state index contributed by atoms with van der Waals surface area (Å²) in [6.45, 7) is 2.40. The van der Waals surface area contributed by atoms with Crippen LogP contribution >= 0.6 is 11.3 Å². The zero-order valence-corrected chi connectivity index (χ0v) is 6.60. The van der Waals surface area contributed by atoms with Gasteiger partial charge in [-0.25, -0.2) is 0 Å². The van der Waals surface area contributed by atoms with Crippen LogP contribution in [0.4, 0.5) is 0 Å². The van der Waals surface area contributed by atoms with E-state index in [9.17, 15) is 5.02 Å². The Hall–Kier alpha value is -0.315. The van der Waals surface area contributed by atoms with E-state index in [0.29, 0.717) is 6.61 Å².